The Morgan fingerprint density at radius 3 is 3.15 bits per heavy atom. The lowest BCUT2D eigenvalue weighted by Crippen LogP contribution is -2.17. The molecule has 3 heterocycles. The smallest absolute Gasteiger partial charge is 0.283 e. The molecule has 4 rings (SSSR count). The van der Waals surface area contributed by atoms with Crippen LogP contribution in [-0.2, 0) is 0 Å². The standard InChI is InChI=1S/C13H11FN4OS/c14-7-3-4-9-8(6-7)12(19)18-13(16-9)20-11(17-18)10-2-1-5-15-10/h3-4,6,10,15H,1-2,5H2/t10-/m1/s1. The maximum absolute atomic E-state index is 13.3. The lowest BCUT2D eigenvalue weighted by molar-refractivity contribution is 0.626. The average Bonchev–Trinajstić information content (AvgIpc) is 3.08. The zero-order valence-corrected chi connectivity index (χ0v) is 11.3. The van der Waals surface area contributed by atoms with E-state index in [2.05, 4.69) is 15.4 Å². The maximum Gasteiger partial charge on any atom is 0.283 e. The Bertz CT molecular complexity index is 866. The van der Waals surface area contributed by atoms with Gasteiger partial charge in [0.25, 0.3) is 5.56 Å². The van der Waals surface area contributed by atoms with Crippen molar-refractivity contribution in [1.29, 1.82) is 0 Å². The van der Waals surface area contributed by atoms with Crippen LogP contribution < -0.4 is 10.9 Å². The van der Waals surface area contributed by atoms with Crippen molar-refractivity contribution in [2.45, 2.75) is 18.9 Å². The minimum atomic E-state index is -0.440. The number of hydrogen-bond acceptors (Lipinski definition) is 5. The van der Waals surface area contributed by atoms with Crippen LogP contribution in [0.25, 0.3) is 15.9 Å². The molecule has 1 fully saturated rings. The molecule has 0 bridgehead atoms. The molecule has 7 heteroatoms. The molecule has 5 nitrogen and oxygen atoms in total. The third-order valence-electron chi connectivity index (χ3n) is 3.53. The number of rotatable bonds is 1. The van der Waals surface area contributed by atoms with Crippen LogP contribution in [0.4, 0.5) is 4.39 Å². The quantitative estimate of drug-likeness (QED) is 0.743. The molecule has 1 aromatic carbocycles. The third-order valence-corrected chi connectivity index (χ3v) is 4.55. The highest BCUT2D eigenvalue weighted by molar-refractivity contribution is 7.16. The first-order valence-electron chi connectivity index (χ1n) is 6.45. The average molecular weight is 290 g/mol. The third kappa shape index (κ3) is 1.74. The van der Waals surface area contributed by atoms with Crippen molar-refractivity contribution in [1.82, 2.24) is 19.9 Å². The summed E-state index contributed by atoms with van der Waals surface area (Å²) in [5, 5.41) is 8.82. The molecule has 0 aliphatic carbocycles. The van der Waals surface area contributed by atoms with Gasteiger partial charge in [0.15, 0.2) is 0 Å². The highest BCUT2D eigenvalue weighted by Gasteiger charge is 2.21. The second-order valence-corrected chi connectivity index (χ2v) is 5.85. The van der Waals surface area contributed by atoms with Crippen molar-refractivity contribution in [2.24, 2.45) is 0 Å². The first kappa shape index (κ1) is 11.9. The predicted molar refractivity (Wildman–Crippen MR) is 74.6 cm³/mol. The molecule has 1 aliphatic heterocycles. The number of nitrogens with one attached hydrogen (secondary N) is 1. The van der Waals surface area contributed by atoms with Gasteiger partial charge in [0.1, 0.15) is 10.8 Å². The van der Waals surface area contributed by atoms with Crippen LogP contribution in [0.3, 0.4) is 0 Å². The minimum Gasteiger partial charge on any atom is -0.308 e. The summed E-state index contributed by atoms with van der Waals surface area (Å²) in [6, 6.07) is 4.25. The molecule has 1 atom stereocenters. The van der Waals surface area contributed by atoms with E-state index < -0.39 is 5.82 Å². The second kappa shape index (κ2) is 4.32. The summed E-state index contributed by atoms with van der Waals surface area (Å²) in [4.78, 5) is 17.3. The Hall–Kier alpha value is -1.86. The van der Waals surface area contributed by atoms with E-state index in [0.717, 1.165) is 24.4 Å². The van der Waals surface area contributed by atoms with Gasteiger partial charge in [-0.15, -0.1) is 0 Å². The monoisotopic (exact) mass is 290 g/mol. The van der Waals surface area contributed by atoms with Gasteiger partial charge in [-0.3, -0.25) is 4.79 Å². The maximum atomic E-state index is 13.3. The Morgan fingerprint density at radius 2 is 2.35 bits per heavy atom. The van der Waals surface area contributed by atoms with E-state index in [1.165, 1.54) is 34.1 Å². The number of halogens is 1. The molecule has 1 N–H and O–H groups in total. The number of hydrogen-bond donors (Lipinski definition) is 1. The number of aromatic nitrogens is 3. The lowest BCUT2D eigenvalue weighted by atomic mass is 10.2. The lowest BCUT2D eigenvalue weighted by Gasteiger charge is -2.02. The van der Waals surface area contributed by atoms with Gasteiger partial charge in [0.2, 0.25) is 4.96 Å². The van der Waals surface area contributed by atoms with Gasteiger partial charge in [-0.1, -0.05) is 11.3 Å². The molecule has 20 heavy (non-hydrogen) atoms. The normalized spacial score (nSPS) is 19.1. The summed E-state index contributed by atoms with van der Waals surface area (Å²) in [5.74, 6) is -0.440. The van der Waals surface area contributed by atoms with Crippen molar-refractivity contribution in [2.75, 3.05) is 6.54 Å². The van der Waals surface area contributed by atoms with Crippen LogP contribution in [0.2, 0.25) is 0 Å². The van der Waals surface area contributed by atoms with Gasteiger partial charge in [-0.25, -0.2) is 9.37 Å². The van der Waals surface area contributed by atoms with Gasteiger partial charge in [0.05, 0.1) is 16.9 Å². The van der Waals surface area contributed by atoms with E-state index in [9.17, 15) is 9.18 Å². The zero-order valence-electron chi connectivity index (χ0n) is 10.5. The molecule has 2 aromatic heterocycles. The molecule has 102 valence electrons. The predicted octanol–water partition coefficient (Wildman–Crippen LogP) is 1.87. The Morgan fingerprint density at radius 1 is 1.45 bits per heavy atom. The molecule has 0 amide bonds. The zero-order chi connectivity index (χ0) is 13.7. The summed E-state index contributed by atoms with van der Waals surface area (Å²) in [6.07, 6.45) is 2.12. The van der Waals surface area contributed by atoms with Crippen molar-refractivity contribution >= 4 is 27.2 Å². The highest BCUT2D eigenvalue weighted by atomic mass is 32.1. The Kier molecular flexibility index (Phi) is 2.58. The first-order valence-corrected chi connectivity index (χ1v) is 7.26. The molecule has 0 saturated carbocycles. The molecular weight excluding hydrogens is 279 g/mol. The highest BCUT2D eigenvalue weighted by Crippen LogP contribution is 2.26. The van der Waals surface area contributed by atoms with E-state index in [-0.39, 0.29) is 17.0 Å². The summed E-state index contributed by atoms with van der Waals surface area (Å²) in [7, 11) is 0. The van der Waals surface area contributed by atoms with Crippen LogP contribution in [0, 0.1) is 5.82 Å². The molecular formula is C13H11FN4OS. The van der Waals surface area contributed by atoms with Crippen LogP contribution >= 0.6 is 11.3 Å². The van der Waals surface area contributed by atoms with Crippen LogP contribution in [0.5, 0.6) is 0 Å². The van der Waals surface area contributed by atoms with Crippen LogP contribution in [-0.4, -0.2) is 21.1 Å². The van der Waals surface area contributed by atoms with E-state index in [4.69, 9.17) is 0 Å². The first-order chi connectivity index (χ1) is 9.72. The molecule has 1 saturated heterocycles. The van der Waals surface area contributed by atoms with E-state index >= 15 is 0 Å². The van der Waals surface area contributed by atoms with Crippen LogP contribution in [0.15, 0.2) is 23.0 Å². The Labute approximate surface area is 117 Å². The van der Waals surface area contributed by atoms with E-state index in [1.807, 2.05) is 0 Å². The summed E-state index contributed by atoms with van der Waals surface area (Å²) in [5.41, 5.74) is 0.191. The molecule has 0 unspecified atom stereocenters. The van der Waals surface area contributed by atoms with Gasteiger partial charge in [-0.05, 0) is 37.6 Å². The summed E-state index contributed by atoms with van der Waals surface area (Å²) >= 11 is 1.41. The van der Waals surface area contributed by atoms with Gasteiger partial charge in [0, 0.05) is 0 Å². The fourth-order valence-corrected chi connectivity index (χ4v) is 3.54. The van der Waals surface area contributed by atoms with Gasteiger partial charge in [-0.2, -0.15) is 9.61 Å². The summed E-state index contributed by atoms with van der Waals surface area (Å²) in [6.45, 7) is 0.968. The molecule has 0 radical (unpaired) electrons. The van der Waals surface area contributed by atoms with Crippen LogP contribution in [0.1, 0.15) is 23.9 Å². The Balaban J connectivity index is 1.99. The fraction of sp³-hybridized carbons (Fsp3) is 0.308. The van der Waals surface area contributed by atoms with E-state index in [1.54, 1.807) is 0 Å². The van der Waals surface area contributed by atoms with Crippen molar-refractivity contribution < 1.29 is 4.39 Å². The number of nitrogens with zero attached hydrogens (tertiary/aromatic N) is 3. The van der Waals surface area contributed by atoms with Crippen molar-refractivity contribution in [3.63, 3.8) is 0 Å². The molecule has 3 aromatic rings. The van der Waals surface area contributed by atoms with E-state index in [0.29, 0.717) is 10.5 Å². The molecule has 0 spiro atoms. The fourth-order valence-electron chi connectivity index (χ4n) is 2.53. The topological polar surface area (TPSA) is 59.3 Å². The number of benzene rings is 1. The molecule has 1 aliphatic rings. The van der Waals surface area contributed by atoms with Crippen molar-refractivity contribution in [3.8, 4) is 0 Å². The largest absolute Gasteiger partial charge is 0.308 e. The van der Waals surface area contributed by atoms with Gasteiger partial charge >= 0.3 is 0 Å². The minimum absolute atomic E-state index is 0.195. The van der Waals surface area contributed by atoms with Crippen molar-refractivity contribution in [3.05, 3.63) is 39.4 Å². The van der Waals surface area contributed by atoms with Gasteiger partial charge < -0.3 is 5.32 Å². The second-order valence-electron chi connectivity index (χ2n) is 4.86. The number of fused-ring (bicyclic) bond motifs is 2. The SMILES string of the molecule is O=c1c2cc(F)ccc2nc2sc([C@H]3CCCN3)nn12. The summed E-state index contributed by atoms with van der Waals surface area (Å²) < 4.78 is 14.5.